The van der Waals surface area contributed by atoms with Crippen LogP contribution in [-0.4, -0.2) is 42.1 Å². The van der Waals surface area contributed by atoms with Crippen molar-refractivity contribution in [2.45, 2.75) is 19.9 Å². The molecule has 1 unspecified atom stereocenters. The molecule has 0 saturated heterocycles. The summed E-state index contributed by atoms with van der Waals surface area (Å²) in [5.74, 6) is -2.03. The van der Waals surface area contributed by atoms with Gasteiger partial charge in [-0.1, -0.05) is 25.4 Å². The Morgan fingerprint density at radius 1 is 1.43 bits per heavy atom. The van der Waals surface area contributed by atoms with Crippen LogP contribution in [0.3, 0.4) is 0 Å². The topological polar surface area (TPSA) is 95.9 Å². The first-order valence-corrected chi connectivity index (χ1v) is 7.43. The summed E-state index contributed by atoms with van der Waals surface area (Å²) in [6, 6.07) is 3.73. The molecule has 0 aromatic heterocycles. The maximum absolute atomic E-state index is 12.1. The van der Waals surface area contributed by atoms with E-state index in [2.05, 4.69) is 5.32 Å². The molecule has 0 saturated carbocycles. The minimum absolute atomic E-state index is 0.111. The average Bonchev–Trinajstić information content (AvgIpc) is 2.44. The van der Waals surface area contributed by atoms with Gasteiger partial charge in [0.15, 0.2) is 5.75 Å². The molecule has 1 amide bonds. The Balaban J connectivity index is 2.14. The minimum Gasteiger partial charge on any atom is -0.480 e. The largest absolute Gasteiger partial charge is 0.480 e. The molecule has 1 aromatic rings. The molecule has 0 fully saturated rings. The molecule has 1 aliphatic rings. The van der Waals surface area contributed by atoms with Crippen molar-refractivity contribution in [2.75, 3.05) is 18.0 Å². The maximum Gasteiger partial charge on any atom is 0.331 e. The number of amides is 1. The number of fused-ring (bicyclic) bond motifs is 1. The molecule has 0 spiro atoms. The monoisotopic (exact) mass is 340 g/mol. The summed E-state index contributed by atoms with van der Waals surface area (Å²) >= 11 is 5.94. The number of ether oxygens (including phenoxy) is 1. The number of carboxylic acids is 1. The molecule has 23 heavy (non-hydrogen) atoms. The highest BCUT2D eigenvalue weighted by Gasteiger charge is 2.28. The summed E-state index contributed by atoms with van der Waals surface area (Å²) in [5.41, 5.74) is 0.517. The molecule has 0 bridgehead atoms. The fourth-order valence-electron chi connectivity index (χ4n) is 2.27. The van der Waals surface area contributed by atoms with Crippen molar-refractivity contribution in [3.8, 4) is 5.75 Å². The van der Waals surface area contributed by atoms with Crippen molar-refractivity contribution >= 4 is 35.1 Å². The van der Waals surface area contributed by atoms with E-state index < -0.39 is 23.9 Å². The lowest BCUT2D eigenvalue weighted by atomic mass is 10.0. The lowest BCUT2D eigenvalue weighted by Gasteiger charge is -2.30. The number of anilines is 1. The van der Waals surface area contributed by atoms with Crippen molar-refractivity contribution in [2.24, 2.45) is 5.92 Å². The van der Waals surface area contributed by atoms with E-state index in [1.165, 1.54) is 4.90 Å². The van der Waals surface area contributed by atoms with Gasteiger partial charge >= 0.3 is 11.9 Å². The lowest BCUT2D eigenvalue weighted by Crippen LogP contribution is -2.49. The quantitative estimate of drug-likeness (QED) is 0.619. The van der Waals surface area contributed by atoms with Crippen molar-refractivity contribution in [1.82, 2.24) is 5.32 Å². The van der Waals surface area contributed by atoms with E-state index in [4.69, 9.17) is 21.4 Å². The molecular weight excluding hydrogens is 324 g/mol. The highest BCUT2D eigenvalue weighted by atomic mass is 35.5. The first-order valence-electron chi connectivity index (χ1n) is 7.05. The van der Waals surface area contributed by atoms with Gasteiger partial charge in [0.1, 0.15) is 12.6 Å². The van der Waals surface area contributed by atoms with Gasteiger partial charge in [-0.15, -0.1) is 0 Å². The number of carbonyl (C=O) groups is 3. The number of carbonyl (C=O) groups excluding carboxylic acids is 2. The Kier molecular flexibility index (Phi) is 5.10. The predicted octanol–water partition coefficient (Wildman–Crippen LogP) is 1.29. The molecule has 0 aliphatic carbocycles. The van der Waals surface area contributed by atoms with Gasteiger partial charge in [0.2, 0.25) is 5.91 Å². The van der Waals surface area contributed by atoms with Gasteiger partial charge < -0.3 is 20.1 Å². The molecule has 0 radical (unpaired) electrons. The number of nitrogens with zero attached hydrogens (tertiary/aromatic N) is 1. The van der Waals surface area contributed by atoms with E-state index >= 15 is 0 Å². The van der Waals surface area contributed by atoms with Gasteiger partial charge in [-0.05, 0) is 24.1 Å². The second-order valence-electron chi connectivity index (χ2n) is 5.57. The third-order valence-electron chi connectivity index (χ3n) is 3.39. The summed E-state index contributed by atoms with van der Waals surface area (Å²) in [7, 11) is 0. The molecule has 1 aliphatic heterocycles. The maximum atomic E-state index is 12.1. The number of rotatable bonds is 5. The average molecular weight is 341 g/mol. The normalized spacial score (nSPS) is 15.0. The number of aliphatic carboxylic acids is 1. The van der Waals surface area contributed by atoms with Crippen LogP contribution in [0.25, 0.3) is 0 Å². The number of benzene rings is 1. The van der Waals surface area contributed by atoms with Crippen LogP contribution in [0.4, 0.5) is 5.69 Å². The van der Waals surface area contributed by atoms with Crippen LogP contribution in [0.15, 0.2) is 18.2 Å². The van der Waals surface area contributed by atoms with Crippen LogP contribution < -0.4 is 15.0 Å². The SMILES string of the molecule is CC(C)C(NC(=O)CN1CC(=O)Oc2ccc(Cl)cc21)C(=O)O. The number of hydrogen-bond acceptors (Lipinski definition) is 5. The Labute approximate surface area is 138 Å². The third kappa shape index (κ3) is 4.13. The Hall–Kier alpha value is -2.28. The van der Waals surface area contributed by atoms with Crippen LogP contribution in [0, 0.1) is 5.92 Å². The van der Waals surface area contributed by atoms with Gasteiger partial charge in [-0.25, -0.2) is 9.59 Å². The van der Waals surface area contributed by atoms with E-state index in [1.54, 1.807) is 32.0 Å². The van der Waals surface area contributed by atoms with Crippen LogP contribution in [0.2, 0.25) is 5.02 Å². The summed E-state index contributed by atoms with van der Waals surface area (Å²) in [6.45, 7) is 3.12. The Morgan fingerprint density at radius 3 is 2.74 bits per heavy atom. The highest BCUT2D eigenvalue weighted by molar-refractivity contribution is 6.31. The molecule has 124 valence electrons. The first kappa shape index (κ1) is 17.1. The zero-order valence-electron chi connectivity index (χ0n) is 12.7. The highest BCUT2D eigenvalue weighted by Crippen LogP contribution is 2.34. The zero-order chi connectivity index (χ0) is 17.1. The minimum atomic E-state index is -1.10. The van der Waals surface area contributed by atoms with E-state index in [9.17, 15) is 14.4 Å². The molecular formula is C15H17ClN2O5. The number of esters is 1. The molecule has 7 nitrogen and oxygen atoms in total. The van der Waals surface area contributed by atoms with Gasteiger partial charge in [-0.2, -0.15) is 0 Å². The standard InChI is InChI=1S/C15H17ClN2O5/c1-8(2)14(15(21)22)17-12(19)6-18-7-13(20)23-11-4-3-9(16)5-10(11)18/h3-5,8,14H,6-7H2,1-2H3,(H,17,19)(H,21,22). The van der Waals surface area contributed by atoms with E-state index in [0.717, 1.165) is 0 Å². The van der Waals surface area contributed by atoms with Crippen molar-refractivity contribution in [3.05, 3.63) is 23.2 Å². The molecule has 1 heterocycles. The first-order chi connectivity index (χ1) is 10.8. The molecule has 1 aromatic carbocycles. The van der Waals surface area contributed by atoms with Crippen LogP contribution in [-0.2, 0) is 14.4 Å². The fourth-order valence-corrected chi connectivity index (χ4v) is 2.43. The summed E-state index contributed by atoms with van der Waals surface area (Å²) in [5, 5.41) is 12.0. The van der Waals surface area contributed by atoms with Crippen molar-refractivity contribution in [1.29, 1.82) is 0 Å². The fraction of sp³-hybridized carbons (Fsp3) is 0.400. The number of carboxylic acid groups (broad SMARTS) is 1. The molecule has 2 rings (SSSR count). The Morgan fingerprint density at radius 2 is 2.13 bits per heavy atom. The number of hydrogen-bond donors (Lipinski definition) is 2. The Bertz CT molecular complexity index is 647. The van der Waals surface area contributed by atoms with Crippen molar-refractivity contribution < 1.29 is 24.2 Å². The molecule has 8 heteroatoms. The summed E-state index contributed by atoms with van der Waals surface area (Å²) in [4.78, 5) is 36.4. The zero-order valence-corrected chi connectivity index (χ0v) is 13.5. The smallest absolute Gasteiger partial charge is 0.331 e. The van der Waals surface area contributed by atoms with Crippen LogP contribution in [0.1, 0.15) is 13.8 Å². The summed E-state index contributed by atoms with van der Waals surface area (Å²) < 4.78 is 5.09. The molecule has 2 N–H and O–H groups in total. The third-order valence-corrected chi connectivity index (χ3v) is 3.62. The van der Waals surface area contributed by atoms with Crippen LogP contribution in [0.5, 0.6) is 5.75 Å². The van der Waals surface area contributed by atoms with Gasteiger partial charge in [-0.3, -0.25) is 4.79 Å². The van der Waals surface area contributed by atoms with E-state index in [1.807, 2.05) is 0 Å². The number of nitrogens with one attached hydrogen (secondary N) is 1. The van der Waals surface area contributed by atoms with E-state index in [-0.39, 0.29) is 19.0 Å². The van der Waals surface area contributed by atoms with Crippen molar-refractivity contribution in [3.63, 3.8) is 0 Å². The second-order valence-corrected chi connectivity index (χ2v) is 6.01. The van der Waals surface area contributed by atoms with Gasteiger partial charge in [0.25, 0.3) is 0 Å². The van der Waals surface area contributed by atoms with Gasteiger partial charge in [0, 0.05) is 5.02 Å². The second kappa shape index (κ2) is 6.87. The predicted molar refractivity (Wildman–Crippen MR) is 83.7 cm³/mol. The number of halogens is 1. The molecule has 1 atom stereocenters. The summed E-state index contributed by atoms with van der Waals surface area (Å²) in [6.07, 6.45) is 0. The van der Waals surface area contributed by atoms with Crippen LogP contribution >= 0.6 is 11.6 Å². The van der Waals surface area contributed by atoms with E-state index in [0.29, 0.717) is 16.5 Å². The van der Waals surface area contributed by atoms with Gasteiger partial charge in [0.05, 0.1) is 12.2 Å². The lowest BCUT2D eigenvalue weighted by molar-refractivity contribution is -0.143.